The minimum Gasteiger partial charge on any atom is -0.509 e. The van der Waals surface area contributed by atoms with Gasteiger partial charge in [0.05, 0.1) is 0 Å². The van der Waals surface area contributed by atoms with Gasteiger partial charge in [0.1, 0.15) is 5.82 Å². The molecule has 0 amide bonds. The van der Waals surface area contributed by atoms with Crippen LogP contribution in [0, 0.1) is 25.7 Å². The third kappa shape index (κ3) is 7.70. The second-order valence-corrected chi connectivity index (χ2v) is 17.4. The van der Waals surface area contributed by atoms with Crippen LogP contribution in [0.2, 0.25) is 0 Å². The number of anilines is 4. The van der Waals surface area contributed by atoms with E-state index in [-0.39, 0.29) is 26.5 Å². The molecule has 10 aromatic rings. The van der Waals surface area contributed by atoms with E-state index in [1.807, 2.05) is 18.3 Å². The first-order valence-electron chi connectivity index (χ1n) is 21.8. The number of hydrogen-bond acceptors (Lipinski definition) is 4. The number of pyridine rings is 1. The predicted molar refractivity (Wildman–Crippen MR) is 264 cm³/mol. The minimum absolute atomic E-state index is 0. The molecule has 0 unspecified atom stereocenters. The molecule has 320 valence electrons. The summed E-state index contributed by atoms with van der Waals surface area (Å²) < 4.78 is 9.06. The Morgan fingerprint density at radius 3 is 1.75 bits per heavy atom. The van der Waals surface area contributed by atoms with Gasteiger partial charge in [0.25, 0.3) is 0 Å². The van der Waals surface area contributed by atoms with Crippen molar-refractivity contribution in [3.63, 3.8) is 0 Å². The van der Waals surface area contributed by atoms with Gasteiger partial charge in [-0.05, 0) is 64.2 Å². The van der Waals surface area contributed by atoms with E-state index in [1.165, 1.54) is 0 Å². The molecular formula is C59H45N4OPt-3. The van der Waals surface area contributed by atoms with Gasteiger partial charge in [0.15, 0.2) is 0 Å². The number of para-hydroxylation sites is 4. The van der Waals surface area contributed by atoms with Crippen LogP contribution in [0.5, 0.6) is 11.5 Å². The molecule has 6 heteroatoms. The summed E-state index contributed by atoms with van der Waals surface area (Å²) in [4.78, 5) is 9.62. The predicted octanol–water partition coefficient (Wildman–Crippen LogP) is 15.6. The van der Waals surface area contributed by atoms with E-state index in [0.29, 0.717) is 11.5 Å². The summed E-state index contributed by atoms with van der Waals surface area (Å²) in [6.45, 7) is 11.1. The van der Waals surface area contributed by atoms with E-state index in [1.54, 1.807) is 0 Å². The van der Waals surface area contributed by atoms with Crippen LogP contribution in [0.15, 0.2) is 194 Å². The van der Waals surface area contributed by atoms with Gasteiger partial charge in [-0.15, -0.1) is 53.6 Å². The SMILES string of the molecule is Cc1cc(-n2c3[c-]c(Oc4[c-]c(N5[CH-]N(c6c(-c7ccccc7)cccc6-c6ccccc6)c6ccccc65)cc(C(C)(C)C)c4)ccc3c3ccccc32)ncc1-c1ccccc1.[Pt]. The van der Waals surface area contributed by atoms with Crippen molar-refractivity contribution in [2.75, 3.05) is 9.80 Å². The molecule has 0 radical (unpaired) electrons. The van der Waals surface area contributed by atoms with Gasteiger partial charge in [-0.2, -0.15) is 6.07 Å². The molecule has 1 aliphatic heterocycles. The van der Waals surface area contributed by atoms with Gasteiger partial charge in [-0.3, -0.25) is 0 Å². The first-order chi connectivity index (χ1) is 31.3. The molecule has 3 heterocycles. The zero-order valence-electron chi connectivity index (χ0n) is 36.6. The zero-order valence-corrected chi connectivity index (χ0v) is 38.8. The molecular weight excluding hydrogens is 976 g/mol. The zero-order chi connectivity index (χ0) is 43.4. The standard InChI is InChI=1S/C59H45N4O.Pt/c1-40-33-57(60-38-52(40)43-23-12-7-13-24-43)63-53-28-15-14-25-50(53)51-32-31-46(37-56(51)63)64-47-35-44(59(2,3)4)34-45(36-47)61-39-62(55-30-17-16-29-54(55)61)58-48(41-19-8-5-9-20-41)26-18-27-49(58)42-21-10-6-11-22-42;/h5-35,38-39H,1-4H3;/q-3;. The first kappa shape index (κ1) is 41.8. The van der Waals surface area contributed by atoms with Gasteiger partial charge < -0.3 is 19.1 Å². The fraction of sp³-hybridized carbons (Fsp3) is 0.0847. The topological polar surface area (TPSA) is 33.5 Å². The molecule has 8 aromatic carbocycles. The molecule has 0 bridgehead atoms. The second kappa shape index (κ2) is 17.1. The van der Waals surface area contributed by atoms with Crippen LogP contribution >= 0.6 is 0 Å². The number of fused-ring (bicyclic) bond motifs is 4. The Labute approximate surface area is 395 Å². The summed E-state index contributed by atoms with van der Waals surface area (Å²) >= 11 is 0. The average molecular weight is 1020 g/mol. The number of aryl methyl sites for hydroxylation is 1. The Hall–Kier alpha value is -7.20. The summed E-state index contributed by atoms with van der Waals surface area (Å²) in [6, 6.07) is 73.4. The number of nitrogens with zero attached hydrogens (tertiary/aromatic N) is 4. The molecule has 0 atom stereocenters. The second-order valence-electron chi connectivity index (χ2n) is 17.4. The van der Waals surface area contributed by atoms with Crippen LogP contribution in [0.3, 0.4) is 0 Å². The maximum atomic E-state index is 6.86. The largest absolute Gasteiger partial charge is 0.509 e. The molecule has 2 aromatic heterocycles. The number of benzene rings is 8. The maximum Gasteiger partial charge on any atom is 0.135 e. The number of hydrogen-bond donors (Lipinski definition) is 0. The Bertz CT molecular complexity index is 3280. The molecule has 65 heavy (non-hydrogen) atoms. The monoisotopic (exact) mass is 1020 g/mol. The van der Waals surface area contributed by atoms with E-state index in [2.05, 4.69) is 237 Å². The molecule has 0 N–H and O–H groups in total. The summed E-state index contributed by atoms with van der Waals surface area (Å²) in [5.41, 5.74) is 15.0. The quantitative estimate of drug-likeness (QED) is 0.142. The van der Waals surface area contributed by atoms with Crippen molar-refractivity contribution in [1.29, 1.82) is 0 Å². The van der Waals surface area contributed by atoms with E-state index in [9.17, 15) is 0 Å². The van der Waals surface area contributed by atoms with Gasteiger partial charge in [0, 0.05) is 78.0 Å². The van der Waals surface area contributed by atoms with Gasteiger partial charge in [0.2, 0.25) is 0 Å². The smallest absolute Gasteiger partial charge is 0.135 e. The van der Waals surface area contributed by atoms with Crippen molar-refractivity contribution in [1.82, 2.24) is 9.55 Å². The van der Waals surface area contributed by atoms with Crippen molar-refractivity contribution < 1.29 is 25.8 Å². The van der Waals surface area contributed by atoms with Crippen molar-refractivity contribution in [3.8, 4) is 50.7 Å². The van der Waals surface area contributed by atoms with Crippen molar-refractivity contribution in [3.05, 3.63) is 224 Å². The third-order valence-corrected chi connectivity index (χ3v) is 12.2. The summed E-state index contributed by atoms with van der Waals surface area (Å²) in [5, 5.41) is 2.21. The Balaban J connectivity index is 0.00000498. The first-order valence-corrected chi connectivity index (χ1v) is 21.8. The van der Waals surface area contributed by atoms with Crippen LogP contribution in [0.1, 0.15) is 31.9 Å². The van der Waals surface area contributed by atoms with Crippen LogP contribution in [0.4, 0.5) is 22.7 Å². The van der Waals surface area contributed by atoms with E-state index in [0.717, 1.165) is 94.9 Å². The Morgan fingerprint density at radius 1 is 0.538 bits per heavy atom. The molecule has 0 aliphatic carbocycles. The van der Waals surface area contributed by atoms with Crippen LogP contribution in [-0.2, 0) is 26.5 Å². The number of rotatable bonds is 8. The van der Waals surface area contributed by atoms with Gasteiger partial charge in [-0.25, -0.2) is 4.98 Å². The average Bonchev–Trinajstić information content (AvgIpc) is 3.88. The molecule has 0 saturated carbocycles. The fourth-order valence-electron chi connectivity index (χ4n) is 9.01. The van der Waals surface area contributed by atoms with Gasteiger partial charge >= 0.3 is 0 Å². The summed E-state index contributed by atoms with van der Waals surface area (Å²) in [6.07, 6.45) is 1.98. The molecule has 0 fully saturated rings. The molecule has 11 rings (SSSR count). The van der Waals surface area contributed by atoms with Crippen LogP contribution < -0.4 is 14.5 Å². The van der Waals surface area contributed by atoms with E-state index in [4.69, 9.17) is 9.72 Å². The number of aromatic nitrogens is 2. The number of ether oxygens (including phenoxy) is 1. The van der Waals surface area contributed by atoms with Crippen molar-refractivity contribution in [2.45, 2.75) is 33.1 Å². The maximum absolute atomic E-state index is 6.86. The van der Waals surface area contributed by atoms with Gasteiger partial charge in [-0.1, -0.05) is 166 Å². The minimum atomic E-state index is -0.184. The summed E-state index contributed by atoms with van der Waals surface area (Å²) in [7, 11) is 0. The molecule has 0 spiro atoms. The van der Waals surface area contributed by atoms with Crippen LogP contribution in [0.25, 0.3) is 61.0 Å². The van der Waals surface area contributed by atoms with E-state index < -0.39 is 0 Å². The summed E-state index contributed by atoms with van der Waals surface area (Å²) in [5.74, 6) is 2.04. The fourth-order valence-corrected chi connectivity index (χ4v) is 9.01. The molecule has 0 saturated heterocycles. The van der Waals surface area contributed by atoms with Crippen molar-refractivity contribution in [2.24, 2.45) is 0 Å². The molecule has 5 nitrogen and oxygen atoms in total. The third-order valence-electron chi connectivity index (χ3n) is 12.2. The Kier molecular flexibility index (Phi) is 11.0. The van der Waals surface area contributed by atoms with E-state index >= 15 is 0 Å². The normalized spacial score (nSPS) is 12.4. The van der Waals surface area contributed by atoms with Crippen LogP contribution in [-0.4, -0.2) is 9.55 Å². The Morgan fingerprint density at radius 2 is 1.12 bits per heavy atom. The molecule has 1 aliphatic rings. The van der Waals surface area contributed by atoms with Crippen molar-refractivity contribution >= 4 is 44.6 Å².